The molecule has 2 aromatic rings. The molecule has 0 aliphatic heterocycles. The number of hydrazone groups is 1. The van der Waals surface area contributed by atoms with Gasteiger partial charge in [0.15, 0.2) is 11.5 Å². The van der Waals surface area contributed by atoms with Crippen LogP contribution in [0, 0.1) is 0 Å². The summed E-state index contributed by atoms with van der Waals surface area (Å²) in [4.78, 5) is 12.1. The van der Waals surface area contributed by atoms with Gasteiger partial charge in [0.2, 0.25) is 5.75 Å². The number of carbonyl (C=O) groups excluding carboxylic acids is 1. The van der Waals surface area contributed by atoms with Gasteiger partial charge in [-0.05, 0) is 30.3 Å². The fourth-order valence-corrected chi connectivity index (χ4v) is 2.17. The Bertz CT molecular complexity index is 749. The van der Waals surface area contributed by atoms with Crippen molar-refractivity contribution in [1.82, 2.24) is 5.43 Å². The number of ether oxygens (including phenoxy) is 4. The molecule has 0 atom stereocenters. The fraction of sp³-hybridized carbons (Fsp3) is 0.222. The summed E-state index contributed by atoms with van der Waals surface area (Å²) in [5, 5.41) is 3.96. The maximum absolute atomic E-state index is 12.1. The quantitative estimate of drug-likeness (QED) is 0.617. The molecule has 0 saturated heterocycles. The van der Waals surface area contributed by atoms with E-state index in [0.717, 1.165) is 0 Å². The Labute approximate surface area is 146 Å². The van der Waals surface area contributed by atoms with Crippen molar-refractivity contribution in [3.05, 3.63) is 47.5 Å². The summed E-state index contributed by atoms with van der Waals surface area (Å²) in [5.41, 5.74) is 3.59. The minimum Gasteiger partial charge on any atom is -0.497 e. The lowest BCUT2D eigenvalue weighted by Crippen LogP contribution is -2.17. The number of carbonyl (C=O) groups is 1. The van der Waals surface area contributed by atoms with E-state index in [9.17, 15) is 4.79 Å². The number of amides is 1. The highest BCUT2D eigenvalue weighted by Crippen LogP contribution is 2.37. The van der Waals surface area contributed by atoms with Crippen LogP contribution in [0.15, 0.2) is 41.5 Å². The lowest BCUT2D eigenvalue weighted by molar-refractivity contribution is 0.0955. The Morgan fingerprint density at radius 2 is 1.64 bits per heavy atom. The lowest BCUT2D eigenvalue weighted by atomic mass is 10.2. The largest absolute Gasteiger partial charge is 0.497 e. The van der Waals surface area contributed by atoms with Gasteiger partial charge in [0.1, 0.15) is 5.75 Å². The second-order valence-electron chi connectivity index (χ2n) is 4.89. The van der Waals surface area contributed by atoms with Gasteiger partial charge in [0.05, 0.1) is 34.7 Å². The number of hydrogen-bond acceptors (Lipinski definition) is 6. The molecule has 0 spiro atoms. The lowest BCUT2D eigenvalue weighted by Gasteiger charge is -2.12. The molecule has 0 aliphatic rings. The van der Waals surface area contributed by atoms with E-state index in [1.807, 2.05) is 0 Å². The van der Waals surface area contributed by atoms with Gasteiger partial charge < -0.3 is 18.9 Å². The normalized spacial score (nSPS) is 10.4. The summed E-state index contributed by atoms with van der Waals surface area (Å²) in [7, 11) is 6.13. The average Bonchev–Trinajstić information content (AvgIpc) is 2.66. The van der Waals surface area contributed by atoms with Crippen molar-refractivity contribution in [2.75, 3.05) is 28.4 Å². The first-order valence-corrected chi connectivity index (χ1v) is 7.40. The zero-order valence-electron chi connectivity index (χ0n) is 14.5. The predicted octanol–water partition coefficient (Wildman–Crippen LogP) is 2.48. The average molecular weight is 344 g/mol. The second kappa shape index (κ2) is 8.58. The predicted molar refractivity (Wildman–Crippen MR) is 94.2 cm³/mol. The third-order valence-electron chi connectivity index (χ3n) is 3.40. The molecule has 0 fully saturated rings. The maximum Gasteiger partial charge on any atom is 0.271 e. The van der Waals surface area contributed by atoms with Crippen molar-refractivity contribution in [3.63, 3.8) is 0 Å². The van der Waals surface area contributed by atoms with Crippen LogP contribution in [0.3, 0.4) is 0 Å². The molecule has 2 rings (SSSR count). The molecule has 1 amide bonds. The molecular formula is C18H20N2O5. The first-order valence-electron chi connectivity index (χ1n) is 7.40. The van der Waals surface area contributed by atoms with Crippen LogP contribution in [0.5, 0.6) is 23.0 Å². The Kier molecular flexibility index (Phi) is 6.22. The van der Waals surface area contributed by atoms with Gasteiger partial charge in [-0.2, -0.15) is 5.10 Å². The molecule has 0 bridgehead atoms. The Morgan fingerprint density at radius 1 is 0.960 bits per heavy atom. The first-order chi connectivity index (χ1) is 12.1. The minimum absolute atomic E-state index is 0.345. The number of rotatable bonds is 7. The Balaban J connectivity index is 2.14. The van der Waals surface area contributed by atoms with Gasteiger partial charge in [0.25, 0.3) is 5.91 Å². The molecule has 0 radical (unpaired) electrons. The topological polar surface area (TPSA) is 78.4 Å². The molecule has 0 unspecified atom stereocenters. The van der Waals surface area contributed by atoms with Crippen LogP contribution in [0.25, 0.3) is 0 Å². The zero-order chi connectivity index (χ0) is 18.2. The van der Waals surface area contributed by atoms with Crippen molar-refractivity contribution >= 4 is 12.1 Å². The summed E-state index contributed by atoms with van der Waals surface area (Å²) in [6, 6.07) is 10.2. The summed E-state index contributed by atoms with van der Waals surface area (Å²) in [6.45, 7) is 0. The van der Waals surface area contributed by atoms with Crippen molar-refractivity contribution in [2.24, 2.45) is 5.10 Å². The maximum atomic E-state index is 12.1. The van der Waals surface area contributed by atoms with E-state index < -0.39 is 0 Å². The van der Waals surface area contributed by atoms with Crippen LogP contribution in [-0.4, -0.2) is 40.6 Å². The van der Waals surface area contributed by atoms with E-state index in [4.69, 9.17) is 18.9 Å². The van der Waals surface area contributed by atoms with Gasteiger partial charge in [-0.15, -0.1) is 0 Å². The molecular weight excluding hydrogens is 324 g/mol. The van der Waals surface area contributed by atoms with Crippen LogP contribution in [0.1, 0.15) is 15.9 Å². The minimum atomic E-state index is -0.345. The molecule has 7 nitrogen and oxygen atoms in total. The van der Waals surface area contributed by atoms with Crippen LogP contribution in [0.2, 0.25) is 0 Å². The Hall–Kier alpha value is -3.22. The first kappa shape index (κ1) is 18.1. The van der Waals surface area contributed by atoms with Crippen molar-refractivity contribution < 1.29 is 23.7 Å². The molecule has 0 aromatic heterocycles. The highest BCUT2D eigenvalue weighted by molar-refractivity contribution is 5.95. The zero-order valence-corrected chi connectivity index (χ0v) is 14.5. The number of benzene rings is 2. The van der Waals surface area contributed by atoms with Crippen LogP contribution >= 0.6 is 0 Å². The SMILES string of the molecule is COc1cccc(C(=O)N/N=C\c2cc(OC)c(OC)c(OC)c2)c1. The molecule has 2 aromatic carbocycles. The molecule has 0 heterocycles. The van der Waals surface area contributed by atoms with Gasteiger partial charge in [-0.25, -0.2) is 5.43 Å². The molecule has 0 aliphatic carbocycles. The number of methoxy groups -OCH3 is 4. The molecule has 0 saturated carbocycles. The summed E-state index contributed by atoms with van der Waals surface area (Å²) in [6.07, 6.45) is 1.49. The third-order valence-corrected chi connectivity index (χ3v) is 3.40. The Morgan fingerprint density at radius 3 is 2.20 bits per heavy atom. The smallest absolute Gasteiger partial charge is 0.271 e. The van der Waals surface area contributed by atoms with Crippen molar-refractivity contribution in [3.8, 4) is 23.0 Å². The van der Waals surface area contributed by atoms with Gasteiger partial charge >= 0.3 is 0 Å². The van der Waals surface area contributed by atoms with Crippen LogP contribution in [0.4, 0.5) is 0 Å². The molecule has 1 N–H and O–H groups in total. The van der Waals surface area contributed by atoms with Crippen LogP contribution in [-0.2, 0) is 0 Å². The number of nitrogens with zero attached hydrogens (tertiary/aromatic N) is 1. The highest BCUT2D eigenvalue weighted by Gasteiger charge is 2.12. The fourth-order valence-electron chi connectivity index (χ4n) is 2.17. The van der Waals surface area contributed by atoms with E-state index in [2.05, 4.69) is 10.5 Å². The highest BCUT2D eigenvalue weighted by atomic mass is 16.5. The van der Waals surface area contributed by atoms with Gasteiger partial charge in [-0.3, -0.25) is 4.79 Å². The monoisotopic (exact) mass is 344 g/mol. The molecule has 25 heavy (non-hydrogen) atoms. The van der Waals surface area contributed by atoms with Crippen molar-refractivity contribution in [2.45, 2.75) is 0 Å². The number of nitrogens with one attached hydrogen (secondary N) is 1. The van der Waals surface area contributed by atoms with E-state index in [1.165, 1.54) is 27.5 Å². The number of hydrogen-bond donors (Lipinski definition) is 1. The third kappa shape index (κ3) is 4.41. The summed E-state index contributed by atoms with van der Waals surface area (Å²) in [5.74, 6) is 1.75. The standard InChI is InChI=1S/C18H20N2O5/c1-22-14-7-5-6-13(10-14)18(21)20-19-11-12-8-15(23-2)17(25-4)16(9-12)24-3/h5-11H,1-4H3,(H,20,21)/b19-11-. The van der Waals surface area contributed by atoms with E-state index in [-0.39, 0.29) is 5.91 Å². The molecule has 132 valence electrons. The van der Waals surface area contributed by atoms with E-state index >= 15 is 0 Å². The van der Waals surface area contributed by atoms with Crippen molar-refractivity contribution in [1.29, 1.82) is 0 Å². The van der Waals surface area contributed by atoms with Gasteiger partial charge in [-0.1, -0.05) is 6.07 Å². The second-order valence-corrected chi connectivity index (χ2v) is 4.89. The summed E-state index contributed by atoms with van der Waals surface area (Å²) < 4.78 is 20.9. The molecule has 7 heteroatoms. The van der Waals surface area contributed by atoms with Crippen LogP contribution < -0.4 is 24.4 Å². The van der Waals surface area contributed by atoms with E-state index in [0.29, 0.717) is 34.1 Å². The van der Waals surface area contributed by atoms with Gasteiger partial charge in [0, 0.05) is 11.1 Å². The van der Waals surface area contributed by atoms with E-state index in [1.54, 1.807) is 43.5 Å². The summed E-state index contributed by atoms with van der Waals surface area (Å²) >= 11 is 0.